The fraction of sp³-hybridized carbons (Fsp3) is 0.111. The van der Waals surface area contributed by atoms with Gasteiger partial charge in [0.05, 0.1) is 18.2 Å². The van der Waals surface area contributed by atoms with E-state index in [1.807, 2.05) is 5.43 Å². The Morgan fingerprint density at radius 3 is 2.94 bits per heavy atom. The number of hydrogen-bond acceptors (Lipinski definition) is 6. The van der Waals surface area contributed by atoms with Crippen LogP contribution in [0.15, 0.2) is 23.3 Å². The average Bonchev–Trinajstić information content (AvgIpc) is 2.30. The minimum atomic E-state index is -0.786. The first-order valence-corrected chi connectivity index (χ1v) is 4.39. The van der Waals surface area contributed by atoms with Crippen LogP contribution in [-0.4, -0.2) is 29.4 Å². The molecule has 0 aliphatic carbocycles. The maximum absolute atomic E-state index is 10.6. The molecule has 0 spiro atoms. The van der Waals surface area contributed by atoms with Crippen LogP contribution >= 0.6 is 0 Å². The van der Waals surface area contributed by atoms with Gasteiger partial charge < -0.3 is 9.84 Å². The number of ether oxygens (including phenoxy) is 1. The third-order valence-electron chi connectivity index (χ3n) is 1.79. The van der Waals surface area contributed by atoms with Crippen LogP contribution in [0.25, 0.3) is 0 Å². The Bertz CT molecular complexity index is 472. The molecule has 1 aromatic carbocycles. The smallest absolute Gasteiger partial charge is 0.427 e. The molecule has 90 valence electrons. The summed E-state index contributed by atoms with van der Waals surface area (Å²) in [6, 6.07) is 3.95. The van der Waals surface area contributed by atoms with Crippen molar-refractivity contribution in [2.24, 2.45) is 5.10 Å². The number of rotatable bonds is 3. The Morgan fingerprint density at radius 1 is 1.65 bits per heavy atom. The van der Waals surface area contributed by atoms with Gasteiger partial charge in [0.15, 0.2) is 0 Å². The third kappa shape index (κ3) is 3.16. The molecule has 0 saturated carbocycles. The molecule has 0 fully saturated rings. The van der Waals surface area contributed by atoms with E-state index in [4.69, 9.17) is 0 Å². The van der Waals surface area contributed by atoms with Crippen molar-refractivity contribution in [3.63, 3.8) is 0 Å². The largest absolute Gasteiger partial charge is 0.502 e. The fourth-order valence-corrected chi connectivity index (χ4v) is 1.00. The molecular weight excluding hydrogens is 230 g/mol. The number of amides is 1. The number of phenolic OH excluding ortho intramolecular Hbond substituents is 1. The van der Waals surface area contributed by atoms with E-state index in [0.29, 0.717) is 0 Å². The molecule has 17 heavy (non-hydrogen) atoms. The number of carbonyl (C=O) groups excluding carboxylic acids is 1. The van der Waals surface area contributed by atoms with Crippen LogP contribution in [-0.2, 0) is 4.74 Å². The van der Waals surface area contributed by atoms with E-state index in [1.165, 1.54) is 12.1 Å². The van der Waals surface area contributed by atoms with Gasteiger partial charge in [0.1, 0.15) is 0 Å². The van der Waals surface area contributed by atoms with Crippen LogP contribution in [0.1, 0.15) is 5.56 Å². The summed E-state index contributed by atoms with van der Waals surface area (Å²) >= 11 is 0. The minimum absolute atomic E-state index is 0.107. The number of hydrogen-bond donors (Lipinski definition) is 2. The quantitative estimate of drug-likeness (QED) is 0.463. The number of nitro benzene ring substituents is 1. The van der Waals surface area contributed by atoms with Crippen molar-refractivity contribution in [3.05, 3.63) is 33.9 Å². The van der Waals surface area contributed by atoms with Gasteiger partial charge in [-0.05, 0) is 6.07 Å². The van der Waals surface area contributed by atoms with Gasteiger partial charge in [0.25, 0.3) is 0 Å². The highest BCUT2D eigenvalue weighted by molar-refractivity contribution is 5.86. The van der Waals surface area contributed by atoms with Gasteiger partial charge in [0, 0.05) is 11.6 Å². The van der Waals surface area contributed by atoms with Crippen LogP contribution in [0.4, 0.5) is 10.5 Å². The molecule has 2 N–H and O–H groups in total. The van der Waals surface area contributed by atoms with Crippen molar-refractivity contribution in [1.29, 1.82) is 0 Å². The third-order valence-corrected chi connectivity index (χ3v) is 1.79. The van der Waals surface area contributed by atoms with Crippen molar-refractivity contribution >= 4 is 18.0 Å². The van der Waals surface area contributed by atoms with Crippen molar-refractivity contribution in [1.82, 2.24) is 5.43 Å². The van der Waals surface area contributed by atoms with E-state index in [-0.39, 0.29) is 5.56 Å². The number of nitro groups is 1. The van der Waals surface area contributed by atoms with Crippen molar-refractivity contribution < 1.29 is 19.6 Å². The molecule has 1 amide bonds. The molecule has 0 aliphatic heterocycles. The second-order valence-corrected chi connectivity index (χ2v) is 2.83. The van der Waals surface area contributed by atoms with Crippen LogP contribution in [0, 0.1) is 10.1 Å². The molecular formula is C9H9N3O5. The average molecular weight is 239 g/mol. The lowest BCUT2D eigenvalue weighted by Gasteiger charge is -1.99. The number of aromatic hydroxyl groups is 1. The maximum Gasteiger partial charge on any atom is 0.427 e. The lowest BCUT2D eigenvalue weighted by Crippen LogP contribution is -2.16. The van der Waals surface area contributed by atoms with E-state index in [0.717, 1.165) is 19.4 Å². The zero-order valence-electron chi connectivity index (χ0n) is 8.78. The molecule has 0 atom stereocenters. The molecule has 8 heteroatoms. The first-order chi connectivity index (χ1) is 8.06. The Hall–Kier alpha value is -2.64. The molecule has 0 unspecified atom stereocenters. The molecule has 0 aliphatic rings. The minimum Gasteiger partial charge on any atom is -0.502 e. The molecule has 1 rings (SSSR count). The molecule has 0 bridgehead atoms. The van der Waals surface area contributed by atoms with Gasteiger partial charge in [-0.15, -0.1) is 0 Å². The Morgan fingerprint density at radius 2 is 2.35 bits per heavy atom. The van der Waals surface area contributed by atoms with Gasteiger partial charge in [-0.3, -0.25) is 10.1 Å². The SMILES string of the molecule is COC(=O)NN=Cc1cccc([N+](=O)[O-])c1O. The zero-order chi connectivity index (χ0) is 12.8. The molecule has 0 radical (unpaired) electrons. The zero-order valence-corrected chi connectivity index (χ0v) is 8.78. The van der Waals surface area contributed by atoms with Gasteiger partial charge in [-0.2, -0.15) is 5.10 Å². The highest BCUT2D eigenvalue weighted by Gasteiger charge is 2.14. The molecule has 0 heterocycles. The number of methoxy groups -OCH3 is 1. The first-order valence-electron chi connectivity index (χ1n) is 4.39. The summed E-state index contributed by atoms with van der Waals surface area (Å²) in [5.41, 5.74) is 1.65. The summed E-state index contributed by atoms with van der Waals surface area (Å²) in [4.78, 5) is 20.4. The van der Waals surface area contributed by atoms with E-state index >= 15 is 0 Å². The summed E-state index contributed by atoms with van der Waals surface area (Å²) in [6.07, 6.45) is 0.283. The van der Waals surface area contributed by atoms with E-state index in [2.05, 4.69) is 9.84 Å². The van der Waals surface area contributed by atoms with Gasteiger partial charge in [0.2, 0.25) is 5.75 Å². The monoisotopic (exact) mass is 239 g/mol. The van der Waals surface area contributed by atoms with Gasteiger partial charge in [-0.1, -0.05) is 6.07 Å². The summed E-state index contributed by atoms with van der Waals surface area (Å²) in [5, 5.41) is 23.5. The fourth-order valence-electron chi connectivity index (χ4n) is 1.00. The lowest BCUT2D eigenvalue weighted by atomic mass is 10.2. The van der Waals surface area contributed by atoms with Crippen molar-refractivity contribution in [2.75, 3.05) is 7.11 Å². The lowest BCUT2D eigenvalue weighted by molar-refractivity contribution is -0.385. The number of nitrogens with one attached hydrogen (secondary N) is 1. The highest BCUT2D eigenvalue weighted by atomic mass is 16.6. The van der Waals surface area contributed by atoms with E-state index < -0.39 is 22.5 Å². The van der Waals surface area contributed by atoms with Crippen molar-refractivity contribution in [2.45, 2.75) is 0 Å². The predicted molar refractivity (Wildman–Crippen MR) is 57.9 cm³/mol. The summed E-state index contributed by atoms with van der Waals surface area (Å²) in [5.74, 6) is -0.520. The second-order valence-electron chi connectivity index (χ2n) is 2.83. The van der Waals surface area contributed by atoms with E-state index in [1.54, 1.807) is 0 Å². The maximum atomic E-state index is 10.6. The molecule has 0 saturated heterocycles. The number of carbonyl (C=O) groups is 1. The van der Waals surface area contributed by atoms with Crippen molar-refractivity contribution in [3.8, 4) is 5.75 Å². The standard InChI is InChI=1S/C9H9N3O5/c1-17-9(14)11-10-5-6-3-2-4-7(8(6)13)12(15)16/h2-5,13H,1H3,(H,11,14). The number of phenols is 1. The van der Waals surface area contributed by atoms with Gasteiger partial charge in [-0.25, -0.2) is 10.2 Å². The number of hydrazone groups is 1. The number of para-hydroxylation sites is 1. The van der Waals surface area contributed by atoms with E-state index in [9.17, 15) is 20.0 Å². The van der Waals surface area contributed by atoms with Crippen LogP contribution < -0.4 is 5.43 Å². The molecule has 0 aromatic heterocycles. The first kappa shape index (κ1) is 12.4. The molecule has 8 nitrogen and oxygen atoms in total. The van der Waals surface area contributed by atoms with Crippen LogP contribution in [0.5, 0.6) is 5.75 Å². The predicted octanol–water partition coefficient (Wildman–Crippen LogP) is 0.990. The normalized spacial score (nSPS) is 10.2. The number of nitrogens with zero attached hydrogens (tertiary/aromatic N) is 2. The molecule has 1 aromatic rings. The Balaban J connectivity index is 2.89. The second kappa shape index (κ2) is 5.45. The Kier molecular flexibility index (Phi) is 3.98. The Labute approximate surface area is 95.7 Å². The van der Waals surface area contributed by atoms with Crippen LogP contribution in [0.3, 0.4) is 0 Å². The summed E-state index contributed by atoms with van der Waals surface area (Å²) in [6.45, 7) is 0. The highest BCUT2D eigenvalue weighted by Crippen LogP contribution is 2.27. The summed E-state index contributed by atoms with van der Waals surface area (Å²) < 4.78 is 4.25. The number of benzene rings is 1. The summed E-state index contributed by atoms with van der Waals surface area (Å²) in [7, 11) is 1.16. The topological polar surface area (TPSA) is 114 Å². The van der Waals surface area contributed by atoms with Crippen LogP contribution in [0.2, 0.25) is 0 Å². The van der Waals surface area contributed by atoms with Gasteiger partial charge >= 0.3 is 11.8 Å².